The van der Waals surface area contributed by atoms with Crippen LogP contribution in [0.2, 0.25) is 0 Å². The first-order valence-corrected chi connectivity index (χ1v) is 9.08. The van der Waals surface area contributed by atoms with Gasteiger partial charge in [-0.05, 0) is 28.8 Å². The quantitative estimate of drug-likeness (QED) is 0.820. The second kappa shape index (κ2) is 6.64. The highest BCUT2D eigenvalue weighted by Gasteiger charge is 2.64. The number of nitrogens with two attached hydrogens (primary N) is 1. The molecule has 2 N–H and O–H groups in total. The van der Waals surface area contributed by atoms with Crippen molar-refractivity contribution in [1.82, 2.24) is 4.90 Å². The number of halogens is 3. The van der Waals surface area contributed by atoms with Crippen LogP contribution in [-0.2, 0) is 11.0 Å². The molecule has 4 rings (SSSR count). The maximum atomic E-state index is 13.8. The summed E-state index contributed by atoms with van der Waals surface area (Å²) in [5, 5.41) is 20.3. The number of carbonyl (C=O) groups is 1. The van der Waals surface area contributed by atoms with E-state index < -0.39 is 41.1 Å². The molecule has 8 heteroatoms. The summed E-state index contributed by atoms with van der Waals surface area (Å²) >= 11 is 0. The average Bonchev–Trinajstić information content (AvgIpc) is 3.04. The van der Waals surface area contributed by atoms with Crippen LogP contribution in [0.5, 0.6) is 0 Å². The standard InChI is InChI=1S/C22H15F3N4O/c23-22(24,25)16-8-4-3-7-15(16)17-18(20(28)30)29-10-9-13-5-1-2-6-14(13)19(29)21(17,11-26)12-27/h1-10,17-19H,(H2,28,30). The van der Waals surface area contributed by atoms with Gasteiger partial charge in [-0.2, -0.15) is 23.7 Å². The van der Waals surface area contributed by atoms with E-state index in [0.717, 1.165) is 11.6 Å². The third kappa shape index (κ3) is 2.57. The minimum atomic E-state index is -4.73. The second-order valence-corrected chi connectivity index (χ2v) is 7.30. The molecule has 0 bridgehead atoms. The minimum absolute atomic E-state index is 0.294. The first kappa shape index (κ1) is 19.5. The van der Waals surface area contributed by atoms with Crippen molar-refractivity contribution in [3.63, 3.8) is 0 Å². The summed E-state index contributed by atoms with van der Waals surface area (Å²) < 4.78 is 41.4. The fraction of sp³-hybridized carbons (Fsp3) is 0.227. The van der Waals surface area contributed by atoms with Gasteiger partial charge >= 0.3 is 6.18 Å². The Morgan fingerprint density at radius 1 is 1.03 bits per heavy atom. The van der Waals surface area contributed by atoms with Crippen LogP contribution in [0.4, 0.5) is 13.2 Å². The highest BCUT2D eigenvalue weighted by atomic mass is 19.4. The van der Waals surface area contributed by atoms with Gasteiger partial charge in [0.25, 0.3) is 0 Å². The number of hydrogen-bond donors (Lipinski definition) is 1. The lowest BCUT2D eigenvalue weighted by Gasteiger charge is -2.34. The molecule has 5 nitrogen and oxygen atoms in total. The molecule has 30 heavy (non-hydrogen) atoms. The number of alkyl halides is 3. The van der Waals surface area contributed by atoms with Crippen LogP contribution in [0.25, 0.3) is 6.08 Å². The predicted molar refractivity (Wildman–Crippen MR) is 101 cm³/mol. The zero-order valence-electron chi connectivity index (χ0n) is 15.5. The lowest BCUT2D eigenvalue weighted by atomic mass is 9.67. The Balaban J connectivity index is 2.05. The van der Waals surface area contributed by atoms with Crippen molar-refractivity contribution in [1.29, 1.82) is 10.5 Å². The van der Waals surface area contributed by atoms with Crippen molar-refractivity contribution >= 4 is 12.0 Å². The van der Waals surface area contributed by atoms with Gasteiger partial charge in [-0.3, -0.25) is 4.79 Å². The van der Waals surface area contributed by atoms with Gasteiger partial charge in [0.2, 0.25) is 5.91 Å². The van der Waals surface area contributed by atoms with E-state index in [-0.39, 0.29) is 5.56 Å². The zero-order valence-corrected chi connectivity index (χ0v) is 15.5. The number of hydrogen-bond acceptors (Lipinski definition) is 4. The van der Waals surface area contributed by atoms with Gasteiger partial charge in [0.15, 0.2) is 5.41 Å². The lowest BCUT2D eigenvalue weighted by molar-refractivity contribution is -0.139. The van der Waals surface area contributed by atoms with Crippen LogP contribution < -0.4 is 5.73 Å². The van der Waals surface area contributed by atoms with Gasteiger partial charge in [0.05, 0.1) is 23.7 Å². The van der Waals surface area contributed by atoms with E-state index in [1.165, 1.54) is 29.3 Å². The van der Waals surface area contributed by atoms with Crippen LogP contribution in [0.15, 0.2) is 54.7 Å². The average molecular weight is 408 g/mol. The topological polar surface area (TPSA) is 93.9 Å². The molecule has 2 aliphatic rings. The van der Waals surface area contributed by atoms with Crippen LogP contribution >= 0.6 is 0 Å². The maximum Gasteiger partial charge on any atom is 0.416 e. The molecule has 1 saturated heterocycles. The molecule has 0 aromatic heterocycles. The molecular formula is C22H15F3N4O. The van der Waals surface area contributed by atoms with E-state index in [1.54, 1.807) is 30.3 Å². The number of amides is 1. The number of benzene rings is 2. The first-order chi connectivity index (χ1) is 14.3. The van der Waals surface area contributed by atoms with Crippen LogP contribution in [0.3, 0.4) is 0 Å². The molecule has 2 aliphatic heterocycles. The van der Waals surface area contributed by atoms with E-state index in [4.69, 9.17) is 5.73 Å². The summed E-state index contributed by atoms with van der Waals surface area (Å²) in [5.41, 5.74) is 3.68. The number of nitriles is 2. The molecule has 2 heterocycles. The third-order valence-corrected chi connectivity index (χ3v) is 5.84. The highest BCUT2D eigenvalue weighted by molar-refractivity contribution is 5.84. The summed E-state index contributed by atoms with van der Waals surface area (Å²) in [7, 11) is 0. The number of nitrogens with zero attached hydrogens (tertiary/aromatic N) is 3. The Morgan fingerprint density at radius 3 is 2.23 bits per heavy atom. The number of rotatable bonds is 2. The Bertz CT molecular complexity index is 1130. The summed E-state index contributed by atoms with van der Waals surface area (Å²) in [6, 6.07) is 13.4. The number of carbonyl (C=O) groups excluding carboxylic acids is 1. The smallest absolute Gasteiger partial charge is 0.368 e. The van der Waals surface area contributed by atoms with Gasteiger partial charge in [0, 0.05) is 12.1 Å². The largest absolute Gasteiger partial charge is 0.416 e. The Labute approximate surface area is 170 Å². The molecular weight excluding hydrogens is 393 g/mol. The lowest BCUT2D eigenvalue weighted by Crippen LogP contribution is -2.42. The molecule has 2 aromatic carbocycles. The number of primary amides is 1. The Kier molecular flexibility index (Phi) is 4.32. The molecule has 1 fully saturated rings. The SMILES string of the molecule is N#CC1(C#N)C(c2ccccc2C(F)(F)F)C(C(N)=O)N2C=Cc3ccccc3C21. The molecule has 0 saturated carbocycles. The van der Waals surface area contributed by atoms with Gasteiger partial charge in [-0.1, -0.05) is 42.5 Å². The van der Waals surface area contributed by atoms with Crippen LogP contribution in [0.1, 0.15) is 34.2 Å². The van der Waals surface area contributed by atoms with Gasteiger partial charge < -0.3 is 10.6 Å². The van der Waals surface area contributed by atoms with E-state index in [2.05, 4.69) is 0 Å². The van der Waals surface area contributed by atoms with Gasteiger partial charge in [-0.15, -0.1) is 0 Å². The minimum Gasteiger partial charge on any atom is -0.368 e. The first-order valence-electron chi connectivity index (χ1n) is 9.08. The Morgan fingerprint density at radius 2 is 1.63 bits per heavy atom. The summed E-state index contributed by atoms with van der Waals surface area (Å²) in [6.07, 6.45) is -1.51. The van der Waals surface area contributed by atoms with Crippen molar-refractivity contribution in [2.24, 2.45) is 11.1 Å². The van der Waals surface area contributed by atoms with Crippen molar-refractivity contribution < 1.29 is 18.0 Å². The van der Waals surface area contributed by atoms with Crippen molar-refractivity contribution in [3.8, 4) is 12.1 Å². The van der Waals surface area contributed by atoms with E-state index in [9.17, 15) is 28.5 Å². The summed E-state index contributed by atoms with van der Waals surface area (Å²) in [6.45, 7) is 0. The van der Waals surface area contributed by atoms with Gasteiger partial charge in [0.1, 0.15) is 6.04 Å². The van der Waals surface area contributed by atoms with Gasteiger partial charge in [-0.25, -0.2) is 0 Å². The summed E-state index contributed by atoms with van der Waals surface area (Å²) in [5.74, 6) is -2.30. The molecule has 0 spiro atoms. The third-order valence-electron chi connectivity index (χ3n) is 5.84. The van der Waals surface area contributed by atoms with E-state index in [0.29, 0.717) is 5.56 Å². The predicted octanol–water partition coefficient (Wildman–Crippen LogP) is 3.72. The van der Waals surface area contributed by atoms with E-state index in [1.807, 2.05) is 12.1 Å². The molecule has 0 radical (unpaired) electrons. The van der Waals surface area contributed by atoms with Crippen molar-refractivity contribution in [3.05, 3.63) is 77.0 Å². The summed E-state index contributed by atoms with van der Waals surface area (Å²) in [4.78, 5) is 13.9. The second-order valence-electron chi connectivity index (χ2n) is 7.30. The maximum absolute atomic E-state index is 13.8. The molecule has 3 atom stereocenters. The number of fused-ring (bicyclic) bond motifs is 3. The fourth-order valence-electron chi connectivity index (χ4n) is 4.69. The monoisotopic (exact) mass is 408 g/mol. The molecule has 1 amide bonds. The molecule has 150 valence electrons. The zero-order chi connectivity index (χ0) is 21.7. The van der Waals surface area contributed by atoms with Crippen molar-refractivity contribution in [2.45, 2.75) is 24.2 Å². The van der Waals surface area contributed by atoms with Crippen LogP contribution in [0, 0.1) is 28.1 Å². The highest BCUT2D eigenvalue weighted by Crippen LogP contribution is 2.60. The Hall–Kier alpha value is -3.78. The fourth-order valence-corrected chi connectivity index (χ4v) is 4.69. The molecule has 3 unspecified atom stereocenters. The van der Waals surface area contributed by atoms with Crippen LogP contribution in [-0.4, -0.2) is 16.8 Å². The molecule has 0 aliphatic carbocycles. The molecule has 2 aromatic rings. The van der Waals surface area contributed by atoms with Crippen molar-refractivity contribution in [2.75, 3.05) is 0 Å². The van der Waals surface area contributed by atoms with E-state index >= 15 is 0 Å². The normalized spacial score (nSPS) is 23.8.